The Morgan fingerprint density at radius 1 is 0.690 bits per heavy atom. The van der Waals surface area contributed by atoms with E-state index in [1.54, 1.807) is 62.5 Å². The Morgan fingerprint density at radius 3 is 1.78 bits per heavy atom. The first-order valence-corrected chi connectivity index (χ1v) is 26.5. The average molecular weight is 828 g/mol. The molecule has 13 heteroatoms. The third kappa shape index (κ3) is 9.22. The molecular weight excluding hydrogens is 775 g/mol. The molecule has 5 aliphatic rings. The number of aromatic nitrogens is 7. The fourth-order valence-electron chi connectivity index (χ4n) is 9.20. The van der Waals surface area contributed by atoms with Crippen LogP contribution in [0, 0.1) is 0 Å². The van der Waals surface area contributed by atoms with Crippen LogP contribution in [0.2, 0.25) is 25.7 Å². The van der Waals surface area contributed by atoms with Gasteiger partial charge >= 0.3 is 0 Å². The number of amidine groups is 1. The van der Waals surface area contributed by atoms with Crippen molar-refractivity contribution in [1.82, 2.24) is 35.2 Å². The Labute approximate surface area is 351 Å². The Morgan fingerprint density at radius 2 is 1.24 bits per heavy atom. The maximum absolute atomic E-state index is 6.08. The number of aliphatic imine (C=N–C) groups is 2. The van der Waals surface area contributed by atoms with E-state index in [9.17, 15) is 0 Å². The summed E-state index contributed by atoms with van der Waals surface area (Å²) >= 11 is 2.97. The number of hydrogen-bond acceptors (Lipinski definition) is 11. The lowest BCUT2D eigenvalue weighted by molar-refractivity contribution is 0.0757. The van der Waals surface area contributed by atoms with E-state index in [0.29, 0.717) is 11.9 Å². The number of ether oxygens (including phenoxy) is 1. The number of benzene rings is 2. The van der Waals surface area contributed by atoms with Crippen molar-refractivity contribution in [3.05, 3.63) is 110 Å². The van der Waals surface area contributed by atoms with E-state index in [4.69, 9.17) is 19.8 Å². The molecule has 10 rings (SSSR count). The summed E-state index contributed by atoms with van der Waals surface area (Å²) in [5.74, 6) is 0.990. The van der Waals surface area contributed by atoms with Crippen LogP contribution in [-0.4, -0.2) is 67.3 Å². The maximum atomic E-state index is 6.08. The number of thioether (sulfide) groups is 1. The van der Waals surface area contributed by atoms with Crippen LogP contribution in [-0.2, 0) is 75.7 Å². The fourth-order valence-corrected chi connectivity index (χ4v) is 11.4. The van der Waals surface area contributed by atoms with Gasteiger partial charge in [0.1, 0.15) is 22.6 Å². The molecule has 0 spiro atoms. The van der Waals surface area contributed by atoms with Crippen LogP contribution < -0.4 is 0 Å². The molecule has 0 unspecified atom stereocenters. The van der Waals surface area contributed by atoms with E-state index in [1.165, 1.54) is 112 Å². The van der Waals surface area contributed by atoms with E-state index in [2.05, 4.69) is 57.2 Å². The molecule has 1 aliphatic heterocycles. The molecule has 0 N–H and O–H groups in total. The molecule has 2 aromatic carbocycles. The van der Waals surface area contributed by atoms with Crippen molar-refractivity contribution in [2.45, 2.75) is 138 Å². The minimum absolute atomic E-state index is 0.449. The van der Waals surface area contributed by atoms with Crippen molar-refractivity contribution >= 4 is 42.5 Å². The topological polar surface area (TPSA) is 116 Å². The van der Waals surface area contributed by atoms with Gasteiger partial charge in [0, 0.05) is 45.6 Å². The standard InChI is InChI=1S/C25H33N5OSSi.C20H20N4S/c1-33(2,3)14-13-31-17-30-23(27-25(29-30)32-24-11-6-12-26-28-24)16-22-20-9-4-7-18(20)15-19-8-5-10-21(19)22;1-4-13-10-14-5-2-7-17(14)18(16(13)6-1)11-15-12-21-20(23-15)25-19-8-3-9-22-24-19/h6,11-12,15H,4-5,7-10,13-14,16-17H2,1-3H3;3,8-10H,1-2,4-7,11-12H2. The molecule has 5 aromatic rings. The number of fused-ring (bicyclic) bond motifs is 4. The third-order valence-corrected chi connectivity index (χ3v) is 15.3. The van der Waals surface area contributed by atoms with Gasteiger partial charge in [0.05, 0.1) is 6.54 Å². The molecule has 300 valence electrons. The maximum Gasteiger partial charge on any atom is 0.215 e. The second kappa shape index (κ2) is 17.7. The number of rotatable bonds is 12. The van der Waals surface area contributed by atoms with Crippen LogP contribution >= 0.6 is 23.5 Å². The molecule has 10 nitrogen and oxygen atoms in total. The molecule has 0 saturated carbocycles. The molecule has 0 fully saturated rings. The van der Waals surface area contributed by atoms with Crippen molar-refractivity contribution in [2.24, 2.45) is 9.98 Å². The molecule has 0 atom stereocenters. The minimum Gasteiger partial charge on any atom is -0.359 e. The smallest absolute Gasteiger partial charge is 0.215 e. The van der Waals surface area contributed by atoms with Gasteiger partial charge in [-0.15, -0.1) is 15.3 Å². The van der Waals surface area contributed by atoms with E-state index in [0.717, 1.165) is 53.1 Å². The summed E-state index contributed by atoms with van der Waals surface area (Å²) in [5.41, 5.74) is 17.0. The number of hydrogen-bond donors (Lipinski definition) is 0. The van der Waals surface area contributed by atoms with Gasteiger partial charge in [-0.3, -0.25) is 4.99 Å². The molecule has 0 amide bonds. The number of nitrogens with zero attached hydrogens (tertiary/aromatic N) is 9. The van der Waals surface area contributed by atoms with E-state index >= 15 is 0 Å². The van der Waals surface area contributed by atoms with Gasteiger partial charge in [-0.1, -0.05) is 31.8 Å². The highest BCUT2D eigenvalue weighted by atomic mass is 32.2. The zero-order chi connectivity index (χ0) is 39.5. The minimum atomic E-state index is -1.13. The Balaban J connectivity index is 0.000000156. The van der Waals surface area contributed by atoms with Gasteiger partial charge in [-0.2, -0.15) is 10.2 Å². The summed E-state index contributed by atoms with van der Waals surface area (Å²) in [6.45, 7) is 9.08. The van der Waals surface area contributed by atoms with Crippen LogP contribution in [0.15, 0.2) is 74.0 Å². The molecule has 4 heterocycles. The second-order valence-electron chi connectivity index (χ2n) is 17.3. The highest BCUT2D eigenvalue weighted by Crippen LogP contribution is 2.38. The number of aryl methyl sites for hydroxylation is 4. The van der Waals surface area contributed by atoms with Crippen LogP contribution in [0.25, 0.3) is 0 Å². The predicted molar refractivity (Wildman–Crippen MR) is 235 cm³/mol. The van der Waals surface area contributed by atoms with Gasteiger partial charge in [0.2, 0.25) is 5.16 Å². The SMILES string of the molecule is C[Si](C)(C)CCOCn1nc(Sc2cccnn2)nc1Cc1c2c(cc3c1CCC3)CCC2.c1cnnc(SC2=NCC(Cc3c4c(cc5c3CCC5)CCC4)=N2)c1. The average Bonchev–Trinajstić information content (AvgIpc) is 4.07. The second-order valence-corrected chi connectivity index (χ2v) is 24.9. The largest absolute Gasteiger partial charge is 0.359 e. The lowest BCUT2D eigenvalue weighted by atomic mass is 9.91. The summed E-state index contributed by atoms with van der Waals surface area (Å²) in [7, 11) is -1.13. The highest BCUT2D eigenvalue weighted by molar-refractivity contribution is 8.13. The van der Waals surface area contributed by atoms with E-state index in [1.807, 2.05) is 28.9 Å². The van der Waals surface area contributed by atoms with Crippen molar-refractivity contribution < 1.29 is 4.74 Å². The normalized spacial score (nSPS) is 16.4. The molecule has 0 saturated heterocycles. The van der Waals surface area contributed by atoms with Crippen LogP contribution in [0.5, 0.6) is 0 Å². The monoisotopic (exact) mass is 827 g/mol. The summed E-state index contributed by atoms with van der Waals surface area (Å²) in [5, 5.41) is 24.2. The van der Waals surface area contributed by atoms with Gasteiger partial charge in [-0.25, -0.2) is 14.7 Å². The predicted octanol–water partition coefficient (Wildman–Crippen LogP) is 8.70. The van der Waals surface area contributed by atoms with Crippen LogP contribution in [0.1, 0.15) is 87.1 Å². The summed E-state index contributed by atoms with van der Waals surface area (Å²) in [6, 6.07) is 13.8. The first-order valence-electron chi connectivity index (χ1n) is 21.2. The first-order chi connectivity index (χ1) is 28.3. The Hall–Kier alpha value is -4.04. The van der Waals surface area contributed by atoms with Gasteiger partial charge in [0.15, 0.2) is 5.17 Å². The molecule has 3 aromatic heterocycles. The Kier molecular flexibility index (Phi) is 12.0. The summed E-state index contributed by atoms with van der Waals surface area (Å²) < 4.78 is 8.05. The molecular formula is C45H53N9OS2Si. The van der Waals surface area contributed by atoms with Crippen molar-refractivity contribution in [2.75, 3.05) is 13.2 Å². The van der Waals surface area contributed by atoms with Gasteiger partial charge in [-0.05, 0) is 187 Å². The zero-order valence-corrected chi connectivity index (χ0v) is 36.7. The van der Waals surface area contributed by atoms with E-state index < -0.39 is 8.07 Å². The molecule has 0 bridgehead atoms. The van der Waals surface area contributed by atoms with E-state index in [-0.39, 0.29) is 0 Å². The summed E-state index contributed by atoms with van der Waals surface area (Å²) in [6.07, 6.45) is 20.2. The van der Waals surface area contributed by atoms with Crippen LogP contribution in [0.4, 0.5) is 0 Å². The highest BCUT2D eigenvalue weighted by Gasteiger charge is 2.27. The van der Waals surface area contributed by atoms with Crippen molar-refractivity contribution in [3.8, 4) is 0 Å². The zero-order valence-electron chi connectivity index (χ0n) is 34.1. The van der Waals surface area contributed by atoms with Crippen molar-refractivity contribution in [3.63, 3.8) is 0 Å². The third-order valence-electron chi connectivity index (χ3n) is 12.0. The molecule has 0 radical (unpaired) electrons. The van der Waals surface area contributed by atoms with Gasteiger partial charge in [0.25, 0.3) is 0 Å². The van der Waals surface area contributed by atoms with Crippen LogP contribution in [0.3, 0.4) is 0 Å². The first kappa shape index (κ1) is 39.4. The quantitative estimate of drug-likeness (QED) is 0.0900. The lowest BCUT2D eigenvalue weighted by Gasteiger charge is -2.17. The van der Waals surface area contributed by atoms with Gasteiger partial charge < -0.3 is 4.74 Å². The molecule has 58 heavy (non-hydrogen) atoms. The van der Waals surface area contributed by atoms with Crippen molar-refractivity contribution in [1.29, 1.82) is 0 Å². The molecule has 4 aliphatic carbocycles. The fraction of sp³-hybridized carbons (Fsp3) is 0.467. The Bertz CT molecular complexity index is 2280. The summed E-state index contributed by atoms with van der Waals surface area (Å²) in [4.78, 5) is 14.4. The lowest BCUT2D eigenvalue weighted by Crippen LogP contribution is -2.22.